The lowest BCUT2D eigenvalue weighted by Crippen LogP contribution is -2.09. The van der Waals surface area contributed by atoms with Gasteiger partial charge in [-0.2, -0.15) is 0 Å². The molecule has 0 bridgehead atoms. The van der Waals surface area contributed by atoms with E-state index >= 15 is 0 Å². The maximum absolute atomic E-state index is 8.81. The van der Waals surface area contributed by atoms with Crippen molar-refractivity contribution in [2.75, 3.05) is 13.1 Å². The van der Waals surface area contributed by atoms with E-state index in [-0.39, 0.29) is 0 Å². The number of carbonyl (C=O) groups is 1. The number of hydrogen-bond donors (Lipinski definition) is 1. The van der Waals surface area contributed by atoms with Crippen LogP contribution in [0.3, 0.4) is 0 Å². The Bertz CT molecular complexity index is 35.5. The fourth-order valence-corrected chi connectivity index (χ4v) is 0.250. The Hall–Kier alpha value is -0.370. The molecular formula is C6H15NO. The van der Waals surface area contributed by atoms with Crippen LogP contribution in [0, 0.1) is 0 Å². The normalized spacial score (nSPS) is 6.88. The van der Waals surface area contributed by atoms with Gasteiger partial charge in [-0.1, -0.05) is 13.8 Å². The third kappa shape index (κ3) is 45.4. The second-order valence-electron chi connectivity index (χ2n) is 1.19. The van der Waals surface area contributed by atoms with Crippen LogP contribution in [0.4, 0.5) is 0 Å². The van der Waals surface area contributed by atoms with Gasteiger partial charge in [0.1, 0.15) is 6.29 Å². The molecule has 0 rings (SSSR count). The summed E-state index contributed by atoms with van der Waals surface area (Å²) in [5, 5.41) is 3.11. The van der Waals surface area contributed by atoms with Crippen LogP contribution in [0.15, 0.2) is 0 Å². The highest BCUT2D eigenvalue weighted by molar-refractivity contribution is 5.44. The van der Waals surface area contributed by atoms with Gasteiger partial charge in [0.15, 0.2) is 0 Å². The fourth-order valence-electron chi connectivity index (χ4n) is 0.250. The molecule has 0 atom stereocenters. The SMILES string of the molecule is CC=O.CCNCC. The van der Waals surface area contributed by atoms with E-state index in [1.54, 1.807) is 0 Å². The third-order valence-corrected chi connectivity index (χ3v) is 0.500. The molecule has 0 heterocycles. The van der Waals surface area contributed by atoms with Gasteiger partial charge in [0.05, 0.1) is 0 Å². The highest BCUT2D eigenvalue weighted by Gasteiger charge is 1.62. The van der Waals surface area contributed by atoms with Gasteiger partial charge in [-0.15, -0.1) is 0 Å². The van der Waals surface area contributed by atoms with E-state index in [4.69, 9.17) is 4.79 Å². The fraction of sp³-hybridized carbons (Fsp3) is 0.833. The first kappa shape index (κ1) is 10.6. The van der Waals surface area contributed by atoms with Gasteiger partial charge in [0.2, 0.25) is 0 Å². The maximum Gasteiger partial charge on any atom is 0.116 e. The summed E-state index contributed by atoms with van der Waals surface area (Å²) >= 11 is 0. The van der Waals surface area contributed by atoms with Gasteiger partial charge in [0.25, 0.3) is 0 Å². The van der Waals surface area contributed by atoms with E-state index < -0.39 is 0 Å². The first-order valence-corrected chi connectivity index (χ1v) is 2.93. The molecule has 0 saturated heterocycles. The number of aldehydes is 1. The van der Waals surface area contributed by atoms with E-state index in [0.717, 1.165) is 19.4 Å². The average Bonchev–Trinajstić information content (AvgIpc) is 1.71. The summed E-state index contributed by atoms with van der Waals surface area (Å²) in [5.74, 6) is 0. The monoisotopic (exact) mass is 117 g/mol. The lowest BCUT2D eigenvalue weighted by atomic mass is 10.7. The molecule has 0 aromatic carbocycles. The van der Waals surface area contributed by atoms with Crippen LogP contribution in [0.25, 0.3) is 0 Å². The van der Waals surface area contributed by atoms with Crippen LogP contribution in [0.2, 0.25) is 0 Å². The Morgan fingerprint density at radius 1 is 1.38 bits per heavy atom. The zero-order valence-electron chi connectivity index (χ0n) is 5.90. The molecule has 0 aliphatic heterocycles. The van der Waals surface area contributed by atoms with Crippen LogP contribution < -0.4 is 5.32 Å². The van der Waals surface area contributed by atoms with Crippen molar-refractivity contribution in [2.24, 2.45) is 0 Å². The van der Waals surface area contributed by atoms with Gasteiger partial charge >= 0.3 is 0 Å². The minimum Gasteiger partial charge on any atom is -0.317 e. The summed E-state index contributed by atoms with van der Waals surface area (Å²) in [6, 6.07) is 0. The molecule has 0 radical (unpaired) electrons. The number of hydrogen-bond acceptors (Lipinski definition) is 2. The lowest BCUT2D eigenvalue weighted by Gasteiger charge is -1.86. The molecule has 0 aliphatic rings. The highest BCUT2D eigenvalue weighted by Crippen LogP contribution is 1.47. The lowest BCUT2D eigenvalue weighted by molar-refractivity contribution is -0.106. The second kappa shape index (κ2) is 15.9. The summed E-state index contributed by atoms with van der Waals surface area (Å²) < 4.78 is 0. The Labute approximate surface area is 51.3 Å². The molecule has 0 spiro atoms. The smallest absolute Gasteiger partial charge is 0.116 e. The van der Waals surface area contributed by atoms with E-state index in [2.05, 4.69) is 19.2 Å². The molecule has 0 aromatic heterocycles. The van der Waals surface area contributed by atoms with Crippen LogP contribution >= 0.6 is 0 Å². The zero-order chi connectivity index (χ0) is 6.83. The van der Waals surface area contributed by atoms with E-state index in [1.165, 1.54) is 6.92 Å². The molecule has 2 nitrogen and oxygen atoms in total. The summed E-state index contributed by atoms with van der Waals surface area (Å²) in [4.78, 5) is 8.81. The molecule has 50 valence electrons. The Balaban J connectivity index is 0. The van der Waals surface area contributed by atoms with Gasteiger partial charge in [-0.3, -0.25) is 0 Å². The second-order valence-corrected chi connectivity index (χ2v) is 1.19. The predicted molar refractivity (Wildman–Crippen MR) is 36.0 cm³/mol. The standard InChI is InChI=1S/C4H11N.C2H4O/c1-3-5-4-2;1-2-3/h5H,3-4H2,1-2H3;2H,1H3. The van der Waals surface area contributed by atoms with Gasteiger partial charge < -0.3 is 10.1 Å². The minimum atomic E-state index is 0.750. The van der Waals surface area contributed by atoms with E-state index in [0.29, 0.717) is 0 Å². The highest BCUT2D eigenvalue weighted by atomic mass is 16.1. The van der Waals surface area contributed by atoms with Crippen molar-refractivity contribution in [2.45, 2.75) is 20.8 Å². The van der Waals surface area contributed by atoms with Crippen LogP contribution in [0.1, 0.15) is 20.8 Å². The topological polar surface area (TPSA) is 29.1 Å². The number of nitrogens with one attached hydrogen (secondary N) is 1. The first-order valence-electron chi connectivity index (χ1n) is 2.93. The minimum absolute atomic E-state index is 0.750. The molecule has 0 fully saturated rings. The largest absolute Gasteiger partial charge is 0.317 e. The number of rotatable bonds is 2. The van der Waals surface area contributed by atoms with Crippen molar-refractivity contribution >= 4 is 6.29 Å². The van der Waals surface area contributed by atoms with E-state index in [1.807, 2.05) is 0 Å². The zero-order valence-corrected chi connectivity index (χ0v) is 5.90. The van der Waals surface area contributed by atoms with Crippen LogP contribution in [-0.2, 0) is 4.79 Å². The van der Waals surface area contributed by atoms with Crippen molar-refractivity contribution in [1.29, 1.82) is 0 Å². The Morgan fingerprint density at radius 3 is 1.62 bits per heavy atom. The molecule has 0 aliphatic carbocycles. The summed E-state index contributed by atoms with van der Waals surface area (Å²) in [6.07, 6.45) is 0.750. The van der Waals surface area contributed by atoms with Crippen molar-refractivity contribution in [3.63, 3.8) is 0 Å². The van der Waals surface area contributed by atoms with Gasteiger partial charge in [0, 0.05) is 0 Å². The molecule has 2 heteroatoms. The molecule has 0 unspecified atom stereocenters. The van der Waals surface area contributed by atoms with Gasteiger partial charge in [-0.05, 0) is 20.0 Å². The molecular weight excluding hydrogens is 102 g/mol. The molecule has 8 heavy (non-hydrogen) atoms. The van der Waals surface area contributed by atoms with Crippen molar-refractivity contribution < 1.29 is 4.79 Å². The molecule has 0 saturated carbocycles. The maximum atomic E-state index is 8.81. The first-order chi connectivity index (χ1) is 3.83. The van der Waals surface area contributed by atoms with Crippen molar-refractivity contribution in [3.05, 3.63) is 0 Å². The van der Waals surface area contributed by atoms with Crippen molar-refractivity contribution in [1.82, 2.24) is 5.32 Å². The summed E-state index contributed by atoms with van der Waals surface area (Å²) in [6.45, 7) is 7.83. The Kier molecular flexibility index (Phi) is 21.1. The molecule has 1 N–H and O–H groups in total. The quantitative estimate of drug-likeness (QED) is 0.542. The number of carbonyl (C=O) groups excluding carboxylic acids is 1. The van der Waals surface area contributed by atoms with Gasteiger partial charge in [-0.25, -0.2) is 0 Å². The summed E-state index contributed by atoms with van der Waals surface area (Å²) in [7, 11) is 0. The average molecular weight is 117 g/mol. The van der Waals surface area contributed by atoms with E-state index in [9.17, 15) is 0 Å². The third-order valence-electron chi connectivity index (χ3n) is 0.500. The molecule has 0 amide bonds. The van der Waals surface area contributed by atoms with Crippen LogP contribution in [-0.4, -0.2) is 19.4 Å². The van der Waals surface area contributed by atoms with Crippen molar-refractivity contribution in [3.8, 4) is 0 Å². The summed E-state index contributed by atoms with van der Waals surface area (Å²) in [5.41, 5.74) is 0. The van der Waals surface area contributed by atoms with Crippen LogP contribution in [0.5, 0.6) is 0 Å². The Morgan fingerprint density at radius 2 is 1.62 bits per heavy atom. The predicted octanol–water partition coefficient (Wildman–Crippen LogP) is 0.821. The molecule has 0 aromatic rings.